The fraction of sp³-hybridized carbons (Fsp3) is 0.826. The molecule has 6 nitrogen and oxygen atoms in total. The average Bonchev–Trinajstić information content (AvgIpc) is 0.713. The van der Waals surface area contributed by atoms with E-state index in [9.17, 15) is 0 Å². The van der Waals surface area contributed by atoms with Gasteiger partial charge in [0.15, 0.2) is 66.5 Å². The molecule has 4 unspecified atom stereocenters. The summed E-state index contributed by atoms with van der Waals surface area (Å²) in [5.74, 6) is 0.865. The van der Waals surface area contributed by atoms with Crippen molar-refractivity contribution in [2.75, 3.05) is 0 Å². The van der Waals surface area contributed by atoms with E-state index in [0.29, 0.717) is 11.9 Å². The summed E-state index contributed by atoms with van der Waals surface area (Å²) in [5.41, 5.74) is 2.21. The standard InChI is InChI=1S/C46H100B40O6Si12/c1-35-39(37(3)97(17,18)91-103(29,30)45(77(55)56,85(65)73-49)81(61)69-33-95(13,14)89-101(25,26)43(75(51)52,79(59)67-5)83(63)71-47)40(36(2)42(100(23,24)88-94(10,11)12)41(35)99(21,22)87-93(7,8)9)38(4)98(19,20)92-104(31,32)46(78(57)58,86(66)74-50)82(62)70-34-96(15,16)90-102(27,28)44(76(53)54,80(60)68-6)84(64)72-48/h33-34H2,1-32H3. The number of hydrogen-bond acceptors (Lipinski definition) is 6. The summed E-state index contributed by atoms with van der Waals surface area (Å²) in [6, 6.07) is 0. The monoisotopic (exact) mass is 1520 g/mol. The van der Waals surface area contributed by atoms with Crippen LogP contribution < -0.4 is 20.8 Å². The van der Waals surface area contributed by atoms with Crippen LogP contribution in [0, 0.1) is 13.8 Å². The van der Waals surface area contributed by atoms with Crippen molar-refractivity contribution in [1.29, 1.82) is 0 Å². The van der Waals surface area contributed by atoms with Crippen LogP contribution in [0.15, 0.2) is 0 Å². The van der Waals surface area contributed by atoms with Gasteiger partial charge in [0.25, 0.3) is 0 Å². The van der Waals surface area contributed by atoms with Crippen LogP contribution in [-0.2, 0) is 24.7 Å². The Morgan fingerprint density at radius 2 is 0.519 bits per heavy atom. The Morgan fingerprint density at radius 1 is 0.317 bits per heavy atom. The van der Waals surface area contributed by atoms with Gasteiger partial charge < -0.3 is 24.7 Å². The van der Waals surface area contributed by atoms with Gasteiger partial charge in [-0.25, -0.2) is 0 Å². The minimum Gasteiger partial charge on any atom is -0.457 e. The van der Waals surface area contributed by atoms with Crippen LogP contribution >= 0.6 is 0 Å². The van der Waals surface area contributed by atoms with Crippen molar-refractivity contribution in [3.8, 4) is 0 Å². The number of hydrogen-bond donors (Lipinski definition) is 0. The van der Waals surface area contributed by atoms with E-state index in [0.717, 1.165) is 32.0 Å². The molecule has 58 heteroatoms. The van der Waals surface area contributed by atoms with Gasteiger partial charge in [-0.3, -0.25) is 0 Å². The molecular weight excluding hydrogens is 1420 g/mol. The average molecular weight is 1520 g/mol. The van der Waals surface area contributed by atoms with Crippen LogP contribution in [0.3, 0.4) is 0 Å². The van der Waals surface area contributed by atoms with Crippen LogP contribution in [0.25, 0.3) is 10.4 Å². The molecule has 0 spiro atoms. The van der Waals surface area contributed by atoms with E-state index in [2.05, 4.69) is 172 Å². The predicted molar refractivity (Wildman–Crippen MR) is 543 cm³/mol. The van der Waals surface area contributed by atoms with Crippen molar-refractivity contribution in [3.05, 3.63) is 21.6 Å². The van der Waals surface area contributed by atoms with Crippen LogP contribution in [0.2, 0.25) is 215 Å². The molecule has 104 heavy (non-hydrogen) atoms. The summed E-state index contributed by atoms with van der Waals surface area (Å²) in [4.78, 5) is 0. The third-order valence-electron chi connectivity index (χ3n) is 23.0. The van der Waals surface area contributed by atoms with Gasteiger partial charge in [-0.2, -0.15) is 0 Å². The maximum absolute atomic E-state index is 8.09. The van der Waals surface area contributed by atoms with E-state index in [1.807, 2.05) is 68.5 Å². The molecule has 48 radical (unpaired) electrons. The Morgan fingerprint density at radius 3 is 0.702 bits per heavy atom. The topological polar surface area (TPSA) is 55.4 Å². The SMILES string of the molecule is [B][B]B([B])C(B([B])[B])(B([B])[B]C)[Si](C)(C)O[Si](C)(C)C[B]B([B])C(B([B])[B])(B([B])[B][B])[Si](C)(C)O[Si](C)(C)C(C)=c1c(C)c([Si](C)(C)O[Si](C)(C)C)c([Si](C)(C)O[Si](C)(C)C)c(C)c1=C(C)[Si](C)(C)O[Si](C)(C)C(B([B])[B])(B([B])[B][B])B([B])[B]C[Si](C)(C)O[Si](C)(C)C(B([B])[B])(B([B])[B][B])B([B])[B]C. The van der Waals surface area contributed by atoms with Crippen molar-refractivity contribution in [2.24, 2.45) is 0 Å². The molecule has 0 amide bonds. The smallest absolute Gasteiger partial charge is 0.206 e. The van der Waals surface area contributed by atoms with E-state index in [-0.39, 0.29) is 0 Å². The Kier molecular flexibility index (Phi) is 39.5. The van der Waals surface area contributed by atoms with Crippen LogP contribution in [0.1, 0.15) is 25.0 Å². The highest BCUT2D eigenvalue weighted by molar-refractivity contribution is 7.69. The van der Waals surface area contributed by atoms with E-state index < -0.39 is 197 Å². The van der Waals surface area contributed by atoms with Crippen LogP contribution in [0.4, 0.5) is 0 Å². The molecule has 0 aliphatic heterocycles. The van der Waals surface area contributed by atoms with E-state index in [1.165, 1.54) is 38.6 Å². The molecule has 0 bridgehead atoms. The summed E-state index contributed by atoms with van der Waals surface area (Å²) in [5, 5.41) is 6.73. The lowest BCUT2D eigenvalue weighted by Crippen LogP contribution is -2.75. The minimum atomic E-state index is -3.50. The third kappa shape index (κ3) is 22.4. The zero-order valence-corrected chi connectivity index (χ0v) is 83.0. The van der Waals surface area contributed by atoms with E-state index >= 15 is 0 Å². The van der Waals surface area contributed by atoms with Gasteiger partial charge in [-0.1, -0.05) is 22.3 Å². The van der Waals surface area contributed by atoms with Crippen LogP contribution in [-0.4, -0.2) is 389 Å². The lowest BCUT2D eigenvalue weighted by atomic mass is 8.79. The summed E-state index contributed by atoms with van der Waals surface area (Å²) < 4.78 is 41.2. The summed E-state index contributed by atoms with van der Waals surface area (Å²) in [6.07, 6.45) is 0. The highest BCUT2D eigenvalue weighted by Gasteiger charge is 2.62. The Labute approximate surface area is 692 Å². The first-order chi connectivity index (χ1) is 46.3. The first kappa shape index (κ1) is 106. The fourth-order valence-corrected chi connectivity index (χ4v) is 77.4. The molecule has 1 aromatic rings. The molecule has 488 valence electrons. The van der Waals surface area contributed by atoms with Crippen molar-refractivity contribution in [1.82, 2.24) is 0 Å². The second-order valence-electron chi connectivity index (χ2n) is 36.8. The lowest BCUT2D eigenvalue weighted by molar-refractivity contribution is 0.544. The van der Waals surface area contributed by atoms with Gasteiger partial charge in [0, 0.05) is 261 Å². The summed E-state index contributed by atoms with van der Waals surface area (Å²) in [6.45, 7) is 59.1. The van der Waals surface area contributed by atoms with Crippen molar-refractivity contribution in [3.63, 3.8) is 0 Å². The van der Waals surface area contributed by atoms with Gasteiger partial charge in [0.05, 0.1) is 28.7 Å². The molecule has 1 aromatic carbocycles. The second kappa shape index (κ2) is 38.8. The lowest BCUT2D eigenvalue weighted by Gasteiger charge is -2.59. The molecule has 1 rings (SSSR count). The minimum absolute atomic E-state index is 0.432. The maximum atomic E-state index is 8.09. The Bertz CT molecular complexity index is 2890. The number of benzene rings is 1. The van der Waals surface area contributed by atoms with Crippen molar-refractivity contribution < 1.29 is 24.7 Å². The van der Waals surface area contributed by atoms with E-state index in [1.54, 1.807) is 0 Å². The molecule has 4 atom stereocenters. The molecule has 0 aliphatic carbocycles. The van der Waals surface area contributed by atoms with Gasteiger partial charge in [-0.05, 0) is 230 Å². The first-order valence-corrected chi connectivity index (χ1v) is 73.2. The van der Waals surface area contributed by atoms with E-state index in [4.69, 9.17) is 179 Å². The Hall–Kier alpha value is 3.92. The molecule has 0 saturated heterocycles. The van der Waals surface area contributed by atoms with Gasteiger partial charge in [0.1, 0.15) is 0 Å². The molecule has 0 N–H and O–H groups in total. The van der Waals surface area contributed by atoms with Crippen LogP contribution in [0.5, 0.6) is 0 Å². The second-order valence-corrected chi connectivity index (χ2v) is 88.1. The number of rotatable bonds is 44. The molecule has 0 aliphatic rings. The zero-order valence-electron chi connectivity index (χ0n) is 71.0. The first-order valence-electron chi connectivity index (χ1n) is 36.9. The molecule has 0 saturated carbocycles. The largest absolute Gasteiger partial charge is 0.457 e. The summed E-state index contributed by atoms with van der Waals surface area (Å²) in [7, 11) is 116. The fourth-order valence-electron chi connectivity index (χ4n) is 18.8. The normalized spacial score (nSPS) is 16.2. The third-order valence-corrected chi connectivity index (χ3v) is 71.5. The predicted octanol–water partition coefficient (Wildman–Crippen LogP) is -2.08. The molecule has 0 fully saturated rings. The van der Waals surface area contributed by atoms with Gasteiger partial charge >= 0.3 is 0 Å². The van der Waals surface area contributed by atoms with Gasteiger partial charge in [0.2, 0.25) is 33.3 Å². The highest BCUT2D eigenvalue weighted by atomic mass is 28.4. The van der Waals surface area contributed by atoms with Gasteiger partial charge in [-0.15, -0.1) is 32.6 Å². The Balaban J connectivity index is 5.05. The molecule has 0 heterocycles. The molecule has 0 aromatic heterocycles. The quantitative estimate of drug-likeness (QED) is 0.0702. The molecular formula is C46H100B40O6Si12. The van der Waals surface area contributed by atoms with Crippen molar-refractivity contribution in [2.45, 2.75) is 242 Å². The highest BCUT2D eigenvalue weighted by Crippen LogP contribution is 2.50. The van der Waals surface area contributed by atoms with Crippen molar-refractivity contribution >= 4 is 410 Å². The zero-order chi connectivity index (χ0) is 82.9. The summed E-state index contributed by atoms with van der Waals surface area (Å²) >= 11 is 0. The maximum Gasteiger partial charge on any atom is 0.206 e.